The van der Waals surface area contributed by atoms with Crippen molar-refractivity contribution in [1.82, 2.24) is 0 Å². The highest BCUT2D eigenvalue weighted by Crippen LogP contribution is 2.02. The van der Waals surface area contributed by atoms with Gasteiger partial charge >= 0.3 is 0 Å². The first-order valence-corrected chi connectivity index (χ1v) is 3.20. The van der Waals surface area contributed by atoms with Crippen molar-refractivity contribution in [3.05, 3.63) is 6.92 Å². The summed E-state index contributed by atoms with van der Waals surface area (Å²) >= 11 is 0. The summed E-state index contributed by atoms with van der Waals surface area (Å²) in [5.41, 5.74) is 0. The van der Waals surface area contributed by atoms with Gasteiger partial charge in [0.05, 0.1) is 0 Å². The normalized spacial score (nSPS) is 10.7. The Hall–Kier alpha value is -0.0800. The number of methoxy groups -OCH3 is 2. The van der Waals surface area contributed by atoms with Crippen LogP contribution in [-0.4, -0.2) is 20.5 Å². The van der Waals surface area contributed by atoms with E-state index in [2.05, 4.69) is 6.92 Å². The van der Waals surface area contributed by atoms with Gasteiger partial charge < -0.3 is 9.47 Å². The third kappa shape index (κ3) is 4.43. The van der Waals surface area contributed by atoms with Crippen LogP contribution in [0.4, 0.5) is 0 Å². The first-order chi connectivity index (χ1) is 4.35. The zero-order valence-corrected chi connectivity index (χ0v) is 6.22. The van der Waals surface area contributed by atoms with Gasteiger partial charge in [0.25, 0.3) is 0 Å². The lowest BCUT2D eigenvalue weighted by Crippen LogP contribution is -2.11. The fourth-order valence-electron chi connectivity index (χ4n) is 0.643. The summed E-state index contributed by atoms with van der Waals surface area (Å²) in [4.78, 5) is 0. The summed E-state index contributed by atoms with van der Waals surface area (Å²) in [5, 5.41) is 0. The predicted octanol–water partition coefficient (Wildman–Crippen LogP) is 1.61. The van der Waals surface area contributed by atoms with Gasteiger partial charge in [-0.15, -0.1) is 0 Å². The number of rotatable bonds is 5. The minimum atomic E-state index is -0.0354. The minimum Gasteiger partial charge on any atom is -0.356 e. The van der Waals surface area contributed by atoms with Crippen LogP contribution in [0.2, 0.25) is 0 Å². The number of hydrogen-bond acceptors (Lipinski definition) is 2. The van der Waals surface area contributed by atoms with Crippen LogP contribution in [0.1, 0.15) is 19.3 Å². The monoisotopic (exact) mass is 131 g/mol. The lowest BCUT2D eigenvalue weighted by molar-refractivity contribution is -0.106. The van der Waals surface area contributed by atoms with E-state index in [4.69, 9.17) is 9.47 Å². The van der Waals surface area contributed by atoms with Gasteiger partial charge in [-0.1, -0.05) is 13.3 Å². The topological polar surface area (TPSA) is 18.5 Å². The average molecular weight is 131 g/mol. The third-order valence-corrected chi connectivity index (χ3v) is 1.22. The molecule has 0 saturated carbocycles. The molecule has 0 aromatic rings. The fourth-order valence-corrected chi connectivity index (χ4v) is 0.643. The van der Waals surface area contributed by atoms with Crippen molar-refractivity contribution in [2.24, 2.45) is 0 Å². The van der Waals surface area contributed by atoms with Crippen LogP contribution in [0.3, 0.4) is 0 Å². The average Bonchev–Trinajstić information content (AvgIpc) is 1.91. The number of ether oxygens (including phenoxy) is 2. The van der Waals surface area contributed by atoms with E-state index in [0.717, 1.165) is 19.3 Å². The van der Waals surface area contributed by atoms with Gasteiger partial charge in [-0.25, -0.2) is 0 Å². The molecule has 0 saturated heterocycles. The van der Waals surface area contributed by atoms with E-state index < -0.39 is 0 Å². The molecule has 0 fully saturated rings. The Morgan fingerprint density at radius 1 is 1.33 bits per heavy atom. The largest absolute Gasteiger partial charge is 0.356 e. The Bertz CT molecular complexity index is 50.9. The Labute approximate surface area is 57.2 Å². The van der Waals surface area contributed by atoms with Crippen molar-refractivity contribution < 1.29 is 9.47 Å². The van der Waals surface area contributed by atoms with Crippen molar-refractivity contribution in [1.29, 1.82) is 0 Å². The van der Waals surface area contributed by atoms with Crippen LogP contribution in [-0.2, 0) is 9.47 Å². The predicted molar refractivity (Wildman–Crippen MR) is 37.0 cm³/mol. The third-order valence-electron chi connectivity index (χ3n) is 1.22. The zero-order chi connectivity index (χ0) is 7.11. The molecule has 2 nitrogen and oxygen atoms in total. The Morgan fingerprint density at radius 2 is 1.89 bits per heavy atom. The van der Waals surface area contributed by atoms with Gasteiger partial charge in [0, 0.05) is 14.2 Å². The van der Waals surface area contributed by atoms with Crippen LogP contribution in [0.15, 0.2) is 0 Å². The summed E-state index contributed by atoms with van der Waals surface area (Å²) in [7, 11) is 3.30. The van der Waals surface area contributed by atoms with Crippen LogP contribution in [0.5, 0.6) is 0 Å². The molecule has 0 N–H and O–H groups in total. The molecular weight excluding hydrogens is 116 g/mol. The molecule has 0 amide bonds. The SMILES string of the molecule is [CH2]CCCC(OC)OC. The summed E-state index contributed by atoms with van der Waals surface area (Å²) in [6.45, 7) is 3.72. The van der Waals surface area contributed by atoms with Crippen molar-refractivity contribution in [2.75, 3.05) is 14.2 Å². The number of hydrogen-bond donors (Lipinski definition) is 0. The van der Waals surface area contributed by atoms with Crippen molar-refractivity contribution >= 4 is 0 Å². The Balaban J connectivity index is 3.09. The van der Waals surface area contributed by atoms with Crippen LogP contribution < -0.4 is 0 Å². The lowest BCUT2D eigenvalue weighted by atomic mass is 10.2. The van der Waals surface area contributed by atoms with Crippen molar-refractivity contribution in [3.8, 4) is 0 Å². The Morgan fingerprint density at radius 3 is 2.22 bits per heavy atom. The second-order valence-corrected chi connectivity index (χ2v) is 1.90. The highest BCUT2D eigenvalue weighted by atomic mass is 16.7. The molecule has 0 aliphatic carbocycles. The molecule has 55 valence electrons. The fraction of sp³-hybridized carbons (Fsp3) is 0.857. The molecule has 0 unspecified atom stereocenters. The summed E-state index contributed by atoms with van der Waals surface area (Å²) in [6, 6.07) is 0. The maximum Gasteiger partial charge on any atom is 0.156 e. The molecule has 0 aromatic carbocycles. The molecule has 0 spiro atoms. The molecule has 0 heterocycles. The quantitative estimate of drug-likeness (QED) is 0.528. The van der Waals surface area contributed by atoms with Gasteiger partial charge in [-0.05, 0) is 12.8 Å². The van der Waals surface area contributed by atoms with Gasteiger partial charge in [0.2, 0.25) is 0 Å². The van der Waals surface area contributed by atoms with Crippen molar-refractivity contribution in [3.63, 3.8) is 0 Å². The van der Waals surface area contributed by atoms with E-state index in [1.54, 1.807) is 14.2 Å². The van der Waals surface area contributed by atoms with E-state index in [-0.39, 0.29) is 6.29 Å². The maximum atomic E-state index is 4.95. The van der Waals surface area contributed by atoms with E-state index in [0.29, 0.717) is 0 Å². The first-order valence-electron chi connectivity index (χ1n) is 3.20. The molecule has 0 aliphatic heterocycles. The molecule has 0 rings (SSSR count). The van der Waals surface area contributed by atoms with E-state index >= 15 is 0 Å². The van der Waals surface area contributed by atoms with Crippen LogP contribution >= 0.6 is 0 Å². The zero-order valence-electron chi connectivity index (χ0n) is 6.22. The summed E-state index contributed by atoms with van der Waals surface area (Å²) in [5.74, 6) is 0. The van der Waals surface area contributed by atoms with E-state index in [9.17, 15) is 0 Å². The highest BCUT2D eigenvalue weighted by molar-refractivity contribution is 4.46. The van der Waals surface area contributed by atoms with E-state index in [1.807, 2.05) is 0 Å². The minimum absolute atomic E-state index is 0.0354. The van der Waals surface area contributed by atoms with Crippen LogP contribution in [0, 0.1) is 6.92 Å². The van der Waals surface area contributed by atoms with Crippen LogP contribution in [0.25, 0.3) is 0 Å². The standard InChI is InChI=1S/C7H15O2/c1-4-5-6-7(8-2)9-3/h7H,1,4-6H2,2-3H3. The lowest BCUT2D eigenvalue weighted by Gasteiger charge is -2.11. The first kappa shape index (κ1) is 8.92. The molecule has 0 aliphatic rings. The van der Waals surface area contributed by atoms with Gasteiger partial charge in [0.15, 0.2) is 6.29 Å². The molecule has 0 bridgehead atoms. The molecule has 1 radical (unpaired) electrons. The molecule has 0 atom stereocenters. The summed E-state index contributed by atoms with van der Waals surface area (Å²) in [6.07, 6.45) is 2.92. The van der Waals surface area contributed by atoms with Crippen molar-refractivity contribution in [2.45, 2.75) is 25.6 Å². The summed E-state index contributed by atoms with van der Waals surface area (Å²) < 4.78 is 9.90. The second kappa shape index (κ2) is 6.05. The van der Waals surface area contributed by atoms with Gasteiger partial charge in [-0.3, -0.25) is 0 Å². The smallest absolute Gasteiger partial charge is 0.156 e. The molecule has 0 aromatic heterocycles. The van der Waals surface area contributed by atoms with E-state index in [1.165, 1.54) is 0 Å². The molecular formula is C7H15O2. The Kier molecular flexibility index (Phi) is 5.99. The maximum absolute atomic E-state index is 4.95. The highest BCUT2D eigenvalue weighted by Gasteiger charge is 2.01. The molecule has 9 heavy (non-hydrogen) atoms. The second-order valence-electron chi connectivity index (χ2n) is 1.90. The number of unbranched alkanes of at least 4 members (excludes halogenated alkanes) is 1. The van der Waals surface area contributed by atoms with Gasteiger partial charge in [0.1, 0.15) is 0 Å². The van der Waals surface area contributed by atoms with Gasteiger partial charge in [-0.2, -0.15) is 0 Å². The molecule has 2 heteroatoms.